The third kappa shape index (κ3) is 10.2. The fraction of sp³-hybridized carbons (Fsp3) is 0.414. The average Bonchev–Trinajstić information content (AvgIpc) is 2.86. The molecule has 8 heteroatoms. The predicted molar refractivity (Wildman–Crippen MR) is 142 cm³/mol. The lowest BCUT2D eigenvalue weighted by Gasteiger charge is -2.28. The number of benzene rings is 1. The summed E-state index contributed by atoms with van der Waals surface area (Å²) in [7, 11) is 0. The molecule has 0 aliphatic carbocycles. The van der Waals surface area contributed by atoms with E-state index in [0.29, 0.717) is 24.8 Å². The number of unbranched alkanes of at least 4 members (excludes halogenated alkanes) is 1. The van der Waals surface area contributed by atoms with Crippen LogP contribution in [0.4, 0.5) is 4.39 Å². The van der Waals surface area contributed by atoms with Crippen LogP contribution in [0, 0.1) is 18.3 Å². The molecule has 1 rings (SSSR count). The number of hydrogen-bond acceptors (Lipinski definition) is 5. The third-order valence-corrected chi connectivity index (χ3v) is 5.94. The van der Waals surface area contributed by atoms with Gasteiger partial charge in [-0.15, -0.1) is 12.3 Å². The Bertz CT molecular complexity index is 1080. The van der Waals surface area contributed by atoms with Gasteiger partial charge in [0.15, 0.2) is 5.78 Å². The van der Waals surface area contributed by atoms with Gasteiger partial charge in [-0.05, 0) is 62.5 Å². The predicted octanol–water partition coefficient (Wildman–Crippen LogP) is 4.01. The minimum atomic E-state index is -1.43. The molecule has 0 heterocycles. The normalized spacial score (nSPS) is 15.2. The summed E-state index contributed by atoms with van der Waals surface area (Å²) in [5, 5.41) is 24.1. The molecule has 0 bridgehead atoms. The SMILES string of the molecule is C#CCCCC(O)C(O)C(CC(=C/C=C)/C=C(\C)F)NC(=O)c1cc(C(N)=O)cc(C(=O)C(C)CC)c1. The Hall–Kier alpha value is -3.54. The van der Waals surface area contributed by atoms with Gasteiger partial charge in [0.1, 0.15) is 6.10 Å². The number of aliphatic hydroxyl groups excluding tert-OH is 2. The third-order valence-electron chi connectivity index (χ3n) is 5.94. The van der Waals surface area contributed by atoms with E-state index >= 15 is 0 Å². The minimum Gasteiger partial charge on any atom is -0.390 e. The van der Waals surface area contributed by atoms with Crippen molar-refractivity contribution in [1.29, 1.82) is 0 Å². The van der Waals surface area contributed by atoms with Crippen molar-refractivity contribution in [3.05, 3.63) is 71.1 Å². The second-order valence-corrected chi connectivity index (χ2v) is 8.98. The summed E-state index contributed by atoms with van der Waals surface area (Å²) in [6.07, 6.45) is 8.35. The maximum absolute atomic E-state index is 13.6. The molecule has 0 aromatic heterocycles. The van der Waals surface area contributed by atoms with Crippen molar-refractivity contribution >= 4 is 17.6 Å². The molecule has 37 heavy (non-hydrogen) atoms. The van der Waals surface area contributed by atoms with Crippen LogP contribution in [0.5, 0.6) is 0 Å². The Morgan fingerprint density at radius 3 is 2.38 bits per heavy atom. The monoisotopic (exact) mass is 512 g/mol. The Labute approximate surface area is 218 Å². The number of carbonyl (C=O) groups excluding carboxylic acids is 3. The van der Waals surface area contributed by atoms with E-state index in [9.17, 15) is 29.0 Å². The van der Waals surface area contributed by atoms with Crippen molar-refractivity contribution in [3.63, 3.8) is 0 Å². The van der Waals surface area contributed by atoms with Gasteiger partial charge in [-0.1, -0.05) is 32.6 Å². The molecule has 0 saturated heterocycles. The number of halogens is 1. The highest BCUT2D eigenvalue weighted by molar-refractivity contribution is 6.05. The van der Waals surface area contributed by atoms with Gasteiger partial charge in [0, 0.05) is 29.0 Å². The minimum absolute atomic E-state index is 0.0195. The Kier molecular flexibility index (Phi) is 13.2. The first-order valence-corrected chi connectivity index (χ1v) is 12.2. The van der Waals surface area contributed by atoms with Crippen molar-refractivity contribution in [2.24, 2.45) is 11.7 Å². The molecule has 200 valence electrons. The highest BCUT2D eigenvalue weighted by Gasteiger charge is 2.29. The molecule has 0 fully saturated rings. The van der Waals surface area contributed by atoms with Gasteiger partial charge in [0.05, 0.1) is 18.0 Å². The molecule has 5 N–H and O–H groups in total. The number of ketones is 1. The number of amides is 2. The van der Waals surface area contributed by atoms with E-state index < -0.39 is 35.9 Å². The number of primary amides is 1. The Morgan fingerprint density at radius 2 is 1.84 bits per heavy atom. The van der Waals surface area contributed by atoms with Crippen LogP contribution in [0.15, 0.2) is 54.4 Å². The standard InChI is InChI=1S/C29H37FN2O5/c1-6-9-10-12-25(33)27(35)24(14-20(11-7-2)13-19(5)30)32-29(37)23-16-21(26(34)18(4)8-3)15-22(17-23)28(31)36/h1,7,11,13,15-18,24-25,27,33,35H,2,8-10,12,14H2,3-5H3,(H2,31,36)(H,32,37)/b19-13+,20-11+. The van der Waals surface area contributed by atoms with Gasteiger partial charge in [0.25, 0.3) is 5.91 Å². The average molecular weight is 513 g/mol. The molecule has 4 unspecified atom stereocenters. The Morgan fingerprint density at radius 1 is 1.22 bits per heavy atom. The molecule has 1 aromatic rings. The second-order valence-electron chi connectivity index (χ2n) is 8.98. The molecule has 0 saturated carbocycles. The molecule has 0 spiro atoms. The van der Waals surface area contributed by atoms with Gasteiger partial charge < -0.3 is 21.3 Å². The number of hydrogen-bond donors (Lipinski definition) is 4. The van der Waals surface area contributed by atoms with E-state index in [2.05, 4.69) is 17.8 Å². The molecule has 0 aliphatic heterocycles. The summed E-state index contributed by atoms with van der Waals surface area (Å²) in [6.45, 7) is 8.44. The summed E-state index contributed by atoms with van der Waals surface area (Å²) in [6, 6.07) is 2.90. The smallest absolute Gasteiger partial charge is 0.251 e. The molecule has 1 aromatic carbocycles. The number of terminal acetylenes is 1. The summed E-state index contributed by atoms with van der Waals surface area (Å²) in [5.74, 6) is -0.146. The number of rotatable bonds is 15. The lowest BCUT2D eigenvalue weighted by atomic mass is 9.92. The molecule has 0 radical (unpaired) electrons. The van der Waals surface area contributed by atoms with Crippen LogP contribution in [-0.4, -0.2) is 46.1 Å². The molecular weight excluding hydrogens is 475 g/mol. The van der Waals surface area contributed by atoms with Crippen molar-refractivity contribution in [1.82, 2.24) is 5.32 Å². The maximum Gasteiger partial charge on any atom is 0.251 e. The maximum atomic E-state index is 13.6. The van der Waals surface area contributed by atoms with Crippen LogP contribution in [0.1, 0.15) is 83.9 Å². The lowest BCUT2D eigenvalue weighted by molar-refractivity contribution is -0.00771. The van der Waals surface area contributed by atoms with Gasteiger partial charge >= 0.3 is 0 Å². The van der Waals surface area contributed by atoms with Gasteiger partial charge in [0.2, 0.25) is 5.91 Å². The van der Waals surface area contributed by atoms with Crippen LogP contribution in [0.2, 0.25) is 0 Å². The molecule has 2 amide bonds. The van der Waals surface area contributed by atoms with Crippen LogP contribution in [0.25, 0.3) is 0 Å². The largest absolute Gasteiger partial charge is 0.390 e. The summed E-state index contributed by atoms with van der Waals surface area (Å²) in [4.78, 5) is 37.9. The fourth-order valence-electron chi connectivity index (χ4n) is 3.71. The number of aliphatic hydroxyl groups is 2. The molecular formula is C29H37FN2O5. The zero-order valence-corrected chi connectivity index (χ0v) is 21.7. The van der Waals surface area contributed by atoms with Gasteiger partial charge in [-0.3, -0.25) is 14.4 Å². The number of allylic oxidation sites excluding steroid dienone is 4. The number of carbonyl (C=O) groups is 3. The zero-order chi connectivity index (χ0) is 28.1. The topological polar surface area (TPSA) is 130 Å². The van der Waals surface area contributed by atoms with E-state index in [1.807, 2.05) is 6.92 Å². The van der Waals surface area contributed by atoms with E-state index in [0.717, 1.165) is 0 Å². The molecule has 7 nitrogen and oxygen atoms in total. The first-order chi connectivity index (χ1) is 17.4. The van der Waals surface area contributed by atoms with Gasteiger partial charge in [-0.2, -0.15) is 0 Å². The first-order valence-electron chi connectivity index (χ1n) is 12.2. The van der Waals surface area contributed by atoms with E-state index in [4.69, 9.17) is 12.2 Å². The lowest BCUT2D eigenvalue weighted by Crippen LogP contribution is -2.48. The van der Waals surface area contributed by atoms with Crippen LogP contribution in [0.3, 0.4) is 0 Å². The van der Waals surface area contributed by atoms with Crippen LogP contribution in [-0.2, 0) is 0 Å². The van der Waals surface area contributed by atoms with Crippen molar-refractivity contribution in [2.75, 3.05) is 0 Å². The van der Waals surface area contributed by atoms with Crippen molar-refractivity contribution in [3.8, 4) is 12.3 Å². The molecule has 0 aliphatic rings. The number of nitrogens with two attached hydrogens (primary N) is 1. The highest BCUT2D eigenvalue weighted by atomic mass is 19.1. The van der Waals surface area contributed by atoms with Crippen LogP contribution >= 0.6 is 0 Å². The quantitative estimate of drug-likeness (QED) is 0.122. The summed E-state index contributed by atoms with van der Waals surface area (Å²) < 4.78 is 13.6. The second kappa shape index (κ2) is 15.5. The number of nitrogens with one attached hydrogen (secondary N) is 1. The van der Waals surface area contributed by atoms with Crippen LogP contribution < -0.4 is 11.1 Å². The van der Waals surface area contributed by atoms with Crippen molar-refractivity contribution < 1.29 is 29.0 Å². The first kappa shape index (κ1) is 31.5. The molecule has 4 atom stereocenters. The fourth-order valence-corrected chi connectivity index (χ4v) is 3.71. The highest BCUT2D eigenvalue weighted by Crippen LogP contribution is 2.20. The summed E-state index contributed by atoms with van der Waals surface area (Å²) >= 11 is 0. The van der Waals surface area contributed by atoms with E-state index in [1.165, 1.54) is 43.4 Å². The number of Topliss-reactive ketones (excluding diaryl/α,β-unsaturated/α-hetero) is 1. The summed E-state index contributed by atoms with van der Waals surface area (Å²) in [5.41, 5.74) is 5.95. The van der Waals surface area contributed by atoms with E-state index in [1.54, 1.807) is 6.92 Å². The zero-order valence-electron chi connectivity index (χ0n) is 21.7. The van der Waals surface area contributed by atoms with E-state index in [-0.39, 0.29) is 41.2 Å². The van der Waals surface area contributed by atoms with Gasteiger partial charge in [-0.25, -0.2) is 4.39 Å². The van der Waals surface area contributed by atoms with Crippen molar-refractivity contribution in [2.45, 2.75) is 71.1 Å². The Balaban J connectivity index is 3.41.